The van der Waals surface area contributed by atoms with Gasteiger partial charge in [0.2, 0.25) is 0 Å². The number of ketones is 1. The minimum Gasteiger partial charge on any atom is -0.469 e. The Morgan fingerprint density at radius 1 is 1.45 bits per heavy atom. The lowest BCUT2D eigenvalue weighted by molar-refractivity contribution is -0.143. The van der Waals surface area contributed by atoms with Crippen LogP contribution in [-0.4, -0.2) is 24.6 Å². The fourth-order valence-corrected chi connectivity index (χ4v) is 0.756. The topological polar surface area (TPSA) is 43.4 Å². The quantitative estimate of drug-likeness (QED) is 0.383. The molecule has 4 heteroatoms. The van der Waals surface area contributed by atoms with E-state index in [-0.39, 0.29) is 12.2 Å². The molecule has 11 heavy (non-hydrogen) atoms. The van der Waals surface area contributed by atoms with E-state index in [1.54, 1.807) is 0 Å². The minimum absolute atomic E-state index is 0.0779. The van der Waals surface area contributed by atoms with Gasteiger partial charge >= 0.3 is 5.97 Å². The number of hydrogen-bond acceptors (Lipinski definition) is 4. The van der Waals surface area contributed by atoms with Gasteiger partial charge in [0.1, 0.15) is 12.2 Å². The van der Waals surface area contributed by atoms with Crippen LogP contribution in [0, 0.1) is 0 Å². The van der Waals surface area contributed by atoms with Crippen LogP contribution in [0.5, 0.6) is 0 Å². The van der Waals surface area contributed by atoms with Gasteiger partial charge in [-0.05, 0) is 12.2 Å². The highest BCUT2D eigenvalue weighted by Crippen LogP contribution is 1.97. The number of carbonyl (C=O) groups is 2. The molecule has 0 saturated heterocycles. The number of ether oxygens (including phenoxy) is 1. The van der Waals surface area contributed by atoms with E-state index in [2.05, 4.69) is 17.4 Å². The molecule has 0 aliphatic heterocycles. The van der Waals surface area contributed by atoms with Crippen LogP contribution in [0.4, 0.5) is 0 Å². The second kappa shape index (κ2) is 6.22. The average molecular weight is 176 g/mol. The van der Waals surface area contributed by atoms with Gasteiger partial charge in [0, 0.05) is 6.42 Å². The zero-order valence-electron chi connectivity index (χ0n) is 6.50. The van der Waals surface area contributed by atoms with Gasteiger partial charge in [-0.3, -0.25) is 9.59 Å². The molecule has 0 aromatic carbocycles. The monoisotopic (exact) mass is 176 g/mol. The van der Waals surface area contributed by atoms with Crippen LogP contribution >= 0.6 is 12.6 Å². The third-order valence-electron chi connectivity index (χ3n) is 1.18. The highest BCUT2D eigenvalue weighted by atomic mass is 32.1. The van der Waals surface area contributed by atoms with Gasteiger partial charge < -0.3 is 4.74 Å². The number of Topliss-reactive ketones (excluding diaryl/α,β-unsaturated/α-hetero) is 1. The molecule has 0 saturated carbocycles. The molecule has 0 N–H and O–H groups in total. The Bertz CT molecular complexity index is 145. The predicted octanol–water partition coefficient (Wildman–Crippen LogP) is 0.829. The van der Waals surface area contributed by atoms with Crippen molar-refractivity contribution in [2.24, 2.45) is 0 Å². The molecular weight excluding hydrogens is 164 g/mol. The van der Waals surface area contributed by atoms with Crippen LogP contribution in [-0.2, 0) is 14.3 Å². The third kappa shape index (κ3) is 5.91. The van der Waals surface area contributed by atoms with E-state index in [1.165, 1.54) is 7.11 Å². The Hall–Kier alpha value is -0.510. The Morgan fingerprint density at radius 3 is 2.55 bits per heavy atom. The Kier molecular flexibility index (Phi) is 5.93. The maximum atomic E-state index is 10.8. The lowest BCUT2D eigenvalue weighted by Gasteiger charge is -1.96. The molecule has 0 fully saturated rings. The van der Waals surface area contributed by atoms with Crippen molar-refractivity contribution in [1.82, 2.24) is 0 Å². The second-order valence-corrected chi connectivity index (χ2v) is 2.57. The molecule has 0 unspecified atom stereocenters. The van der Waals surface area contributed by atoms with Gasteiger partial charge in [-0.25, -0.2) is 0 Å². The van der Waals surface area contributed by atoms with E-state index in [4.69, 9.17) is 0 Å². The zero-order valence-corrected chi connectivity index (χ0v) is 7.39. The molecule has 0 heterocycles. The van der Waals surface area contributed by atoms with Gasteiger partial charge in [0.15, 0.2) is 0 Å². The first kappa shape index (κ1) is 10.5. The van der Waals surface area contributed by atoms with Crippen molar-refractivity contribution in [2.45, 2.75) is 19.3 Å². The molecule has 3 nitrogen and oxygen atoms in total. The summed E-state index contributed by atoms with van der Waals surface area (Å²) in [6.45, 7) is 0. The largest absolute Gasteiger partial charge is 0.469 e. The molecule has 0 bridgehead atoms. The van der Waals surface area contributed by atoms with E-state index >= 15 is 0 Å². The molecule has 0 radical (unpaired) electrons. The number of thiol groups is 1. The van der Waals surface area contributed by atoms with Crippen molar-refractivity contribution in [3.05, 3.63) is 0 Å². The van der Waals surface area contributed by atoms with Crippen LogP contribution in [0.15, 0.2) is 0 Å². The van der Waals surface area contributed by atoms with E-state index in [1.807, 2.05) is 0 Å². The summed E-state index contributed by atoms with van der Waals surface area (Å²) in [4.78, 5) is 21.4. The second-order valence-electron chi connectivity index (χ2n) is 2.12. The van der Waals surface area contributed by atoms with Crippen LogP contribution in [0.3, 0.4) is 0 Å². The molecule has 0 aromatic heterocycles. The van der Waals surface area contributed by atoms with Gasteiger partial charge in [-0.2, -0.15) is 12.6 Å². The Morgan fingerprint density at radius 2 is 2.09 bits per heavy atom. The van der Waals surface area contributed by atoms with Gasteiger partial charge in [0.25, 0.3) is 0 Å². The van der Waals surface area contributed by atoms with Crippen LogP contribution < -0.4 is 0 Å². The summed E-state index contributed by atoms with van der Waals surface area (Å²) < 4.78 is 4.32. The zero-order chi connectivity index (χ0) is 8.69. The number of hydrogen-bond donors (Lipinski definition) is 1. The Labute approximate surface area is 71.5 Å². The number of rotatable bonds is 5. The average Bonchev–Trinajstić information content (AvgIpc) is 2.00. The van der Waals surface area contributed by atoms with Gasteiger partial charge in [-0.1, -0.05) is 0 Å². The highest BCUT2D eigenvalue weighted by Gasteiger charge is 2.07. The fraction of sp³-hybridized carbons (Fsp3) is 0.714. The van der Waals surface area contributed by atoms with E-state index < -0.39 is 5.97 Å². The number of esters is 1. The van der Waals surface area contributed by atoms with E-state index in [0.29, 0.717) is 12.2 Å². The molecule has 0 atom stereocenters. The van der Waals surface area contributed by atoms with Crippen molar-refractivity contribution < 1.29 is 14.3 Å². The first-order chi connectivity index (χ1) is 5.20. The SMILES string of the molecule is COC(=O)CC(=O)CCCS. The highest BCUT2D eigenvalue weighted by molar-refractivity contribution is 7.80. The fourth-order valence-electron chi connectivity index (χ4n) is 0.598. The first-order valence-electron chi connectivity index (χ1n) is 3.40. The maximum absolute atomic E-state index is 10.8. The summed E-state index contributed by atoms with van der Waals surface area (Å²) in [5.41, 5.74) is 0. The van der Waals surface area contributed by atoms with Crippen LogP contribution in [0.1, 0.15) is 19.3 Å². The molecule has 0 aromatic rings. The minimum atomic E-state index is -0.464. The molecule has 64 valence electrons. The molecular formula is C7H12O3S. The van der Waals surface area contributed by atoms with Gasteiger partial charge in [0.05, 0.1) is 7.11 Å². The van der Waals surface area contributed by atoms with Crippen molar-refractivity contribution in [3.63, 3.8) is 0 Å². The summed E-state index contributed by atoms with van der Waals surface area (Å²) >= 11 is 3.94. The molecule has 0 rings (SSSR count). The summed E-state index contributed by atoms with van der Waals surface area (Å²) in [6, 6.07) is 0. The summed E-state index contributed by atoms with van der Waals surface area (Å²) in [6.07, 6.45) is 1.03. The summed E-state index contributed by atoms with van der Waals surface area (Å²) in [5, 5.41) is 0. The molecule has 0 amide bonds. The number of methoxy groups -OCH3 is 1. The smallest absolute Gasteiger partial charge is 0.313 e. The number of carbonyl (C=O) groups excluding carboxylic acids is 2. The predicted molar refractivity (Wildman–Crippen MR) is 44.7 cm³/mol. The van der Waals surface area contributed by atoms with Gasteiger partial charge in [-0.15, -0.1) is 0 Å². The maximum Gasteiger partial charge on any atom is 0.313 e. The molecule has 0 aliphatic carbocycles. The van der Waals surface area contributed by atoms with Crippen molar-refractivity contribution in [1.29, 1.82) is 0 Å². The normalized spacial score (nSPS) is 9.27. The van der Waals surface area contributed by atoms with Crippen molar-refractivity contribution in [2.75, 3.05) is 12.9 Å². The standard InChI is InChI=1S/C7H12O3S/c1-10-7(9)5-6(8)3-2-4-11/h11H,2-5H2,1H3. The molecule has 0 spiro atoms. The lowest BCUT2D eigenvalue weighted by atomic mass is 10.2. The first-order valence-corrected chi connectivity index (χ1v) is 4.03. The van der Waals surface area contributed by atoms with E-state index in [9.17, 15) is 9.59 Å². The van der Waals surface area contributed by atoms with Crippen molar-refractivity contribution >= 4 is 24.4 Å². The van der Waals surface area contributed by atoms with E-state index in [0.717, 1.165) is 6.42 Å². The Balaban J connectivity index is 3.44. The van der Waals surface area contributed by atoms with Crippen molar-refractivity contribution in [3.8, 4) is 0 Å². The summed E-state index contributed by atoms with van der Waals surface area (Å²) in [5.74, 6) is 0.132. The third-order valence-corrected chi connectivity index (χ3v) is 1.50. The molecule has 0 aliphatic rings. The van der Waals surface area contributed by atoms with Crippen LogP contribution in [0.2, 0.25) is 0 Å². The summed E-state index contributed by atoms with van der Waals surface area (Å²) in [7, 11) is 1.27. The lowest BCUT2D eigenvalue weighted by Crippen LogP contribution is -2.08. The van der Waals surface area contributed by atoms with Crippen LogP contribution in [0.25, 0.3) is 0 Å².